The van der Waals surface area contributed by atoms with Gasteiger partial charge in [0.15, 0.2) is 12.7 Å². The van der Waals surface area contributed by atoms with Crippen LogP contribution in [0.5, 0.6) is 5.75 Å². The molecule has 0 aliphatic rings. The van der Waals surface area contributed by atoms with Crippen molar-refractivity contribution in [2.24, 2.45) is 0 Å². The predicted molar refractivity (Wildman–Crippen MR) is 108 cm³/mol. The molecule has 3 rings (SSSR count). The molecule has 1 atom stereocenters. The number of nitrogens with one attached hydrogen (secondary N) is 1. The zero-order chi connectivity index (χ0) is 19.8. The molecule has 0 spiro atoms. The van der Waals surface area contributed by atoms with Crippen molar-refractivity contribution < 1.29 is 19.1 Å². The Kier molecular flexibility index (Phi) is 6.41. The minimum Gasteiger partial charge on any atom is -0.481 e. The van der Waals surface area contributed by atoms with Crippen molar-refractivity contribution in [1.29, 1.82) is 0 Å². The second-order valence-electron chi connectivity index (χ2n) is 6.14. The lowest BCUT2D eigenvalue weighted by atomic mass is 10.1. The molecule has 3 aromatic rings. The summed E-state index contributed by atoms with van der Waals surface area (Å²) < 4.78 is 10.8. The molecule has 0 aliphatic heterocycles. The number of para-hydroxylation sites is 2. The van der Waals surface area contributed by atoms with Crippen LogP contribution in [-0.2, 0) is 14.3 Å². The van der Waals surface area contributed by atoms with Crippen molar-refractivity contribution in [1.82, 2.24) is 0 Å². The highest BCUT2D eigenvalue weighted by Crippen LogP contribution is 2.29. The van der Waals surface area contributed by atoms with Crippen molar-refractivity contribution in [3.63, 3.8) is 0 Å². The maximum atomic E-state index is 12.1. The van der Waals surface area contributed by atoms with E-state index < -0.39 is 18.0 Å². The van der Waals surface area contributed by atoms with Crippen LogP contribution in [-0.4, -0.2) is 24.6 Å². The molecule has 3 aromatic carbocycles. The summed E-state index contributed by atoms with van der Waals surface area (Å²) in [6, 6.07) is 26.2. The monoisotopic (exact) mass is 375 g/mol. The number of rotatable bonds is 7. The van der Waals surface area contributed by atoms with E-state index in [-0.39, 0.29) is 6.61 Å². The first-order chi connectivity index (χ1) is 13.6. The van der Waals surface area contributed by atoms with E-state index in [0.29, 0.717) is 11.4 Å². The third-order valence-electron chi connectivity index (χ3n) is 4.04. The van der Waals surface area contributed by atoms with Gasteiger partial charge in [0.2, 0.25) is 0 Å². The minimum atomic E-state index is -0.930. The Morgan fingerprint density at radius 3 is 2.18 bits per heavy atom. The van der Waals surface area contributed by atoms with Gasteiger partial charge in [-0.25, -0.2) is 4.79 Å². The number of esters is 1. The van der Waals surface area contributed by atoms with Gasteiger partial charge in [0.05, 0.1) is 0 Å². The zero-order valence-electron chi connectivity index (χ0n) is 15.5. The Hall–Kier alpha value is -3.60. The molecule has 0 heterocycles. The fourth-order valence-electron chi connectivity index (χ4n) is 2.64. The van der Waals surface area contributed by atoms with Gasteiger partial charge in [0.1, 0.15) is 5.75 Å². The highest BCUT2D eigenvalue weighted by atomic mass is 16.6. The fourth-order valence-corrected chi connectivity index (χ4v) is 2.64. The average molecular weight is 375 g/mol. The highest BCUT2D eigenvalue weighted by molar-refractivity contribution is 5.95. The van der Waals surface area contributed by atoms with E-state index in [9.17, 15) is 9.59 Å². The molecule has 0 radical (unpaired) electrons. The first-order valence-electron chi connectivity index (χ1n) is 8.96. The first kappa shape index (κ1) is 19.2. The number of amides is 1. The summed E-state index contributed by atoms with van der Waals surface area (Å²) >= 11 is 0. The van der Waals surface area contributed by atoms with Crippen molar-refractivity contribution in [2.45, 2.75) is 13.0 Å². The van der Waals surface area contributed by atoms with Crippen LogP contribution in [0.2, 0.25) is 0 Å². The lowest BCUT2D eigenvalue weighted by molar-refractivity contribution is -0.155. The third kappa shape index (κ3) is 5.20. The van der Waals surface area contributed by atoms with Crippen LogP contribution in [0.25, 0.3) is 11.1 Å². The van der Waals surface area contributed by atoms with Gasteiger partial charge in [0.25, 0.3) is 5.91 Å². The van der Waals surface area contributed by atoms with Gasteiger partial charge in [-0.3, -0.25) is 4.79 Å². The van der Waals surface area contributed by atoms with E-state index in [2.05, 4.69) is 5.32 Å². The molecule has 5 nitrogen and oxygen atoms in total. The lowest BCUT2D eigenvalue weighted by Crippen LogP contribution is -2.31. The van der Waals surface area contributed by atoms with Crippen LogP contribution in [0.15, 0.2) is 84.9 Å². The standard InChI is InChI=1S/C23H21NO4/c1-17(23(26)24-19-12-6-3-7-13-19)28-22(25)16-27-21-15-9-8-14-20(21)18-10-4-2-5-11-18/h2-15,17H,16H2,1H3,(H,24,26)/t17-/m1/s1. The lowest BCUT2D eigenvalue weighted by Gasteiger charge is -2.15. The van der Waals surface area contributed by atoms with Crippen molar-refractivity contribution in [3.05, 3.63) is 84.9 Å². The van der Waals surface area contributed by atoms with E-state index in [0.717, 1.165) is 11.1 Å². The Balaban J connectivity index is 1.55. The molecule has 0 fully saturated rings. The topological polar surface area (TPSA) is 64.6 Å². The molecular weight excluding hydrogens is 354 g/mol. The molecule has 5 heteroatoms. The largest absolute Gasteiger partial charge is 0.481 e. The molecular formula is C23H21NO4. The number of anilines is 1. The minimum absolute atomic E-state index is 0.285. The number of carbonyl (C=O) groups excluding carboxylic acids is 2. The molecule has 0 unspecified atom stereocenters. The fraction of sp³-hybridized carbons (Fsp3) is 0.130. The van der Waals surface area contributed by atoms with E-state index in [1.54, 1.807) is 18.2 Å². The van der Waals surface area contributed by atoms with Crippen LogP contribution in [0.1, 0.15) is 6.92 Å². The number of carbonyl (C=O) groups is 2. The molecule has 0 aliphatic carbocycles. The van der Waals surface area contributed by atoms with E-state index in [1.807, 2.05) is 66.7 Å². The maximum Gasteiger partial charge on any atom is 0.344 e. The number of benzene rings is 3. The van der Waals surface area contributed by atoms with Crippen LogP contribution in [0.3, 0.4) is 0 Å². The quantitative estimate of drug-likeness (QED) is 0.625. The summed E-state index contributed by atoms with van der Waals surface area (Å²) in [7, 11) is 0. The molecule has 1 amide bonds. The zero-order valence-corrected chi connectivity index (χ0v) is 15.5. The third-order valence-corrected chi connectivity index (χ3v) is 4.04. The Morgan fingerprint density at radius 2 is 1.46 bits per heavy atom. The SMILES string of the molecule is C[C@@H](OC(=O)COc1ccccc1-c1ccccc1)C(=O)Nc1ccccc1. The second-order valence-corrected chi connectivity index (χ2v) is 6.14. The van der Waals surface area contributed by atoms with Crippen LogP contribution < -0.4 is 10.1 Å². The summed E-state index contributed by atoms with van der Waals surface area (Å²) in [6.07, 6.45) is -0.930. The number of hydrogen-bond acceptors (Lipinski definition) is 4. The van der Waals surface area contributed by atoms with Gasteiger partial charge >= 0.3 is 5.97 Å². The van der Waals surface area contributed by atoms with Gasteiger partial charge in [-0.05, 0) is 30.7 Å². The van der Waals surface area contributed by atoms with Crippen molar-refractivity contribution in [2.75, 3.05) is 11.9 Å². The number of hydrogen-bond donors (Lipinski definition) is 1. The Morgan fingerprint density at radius 1 is 0.857 bits per heavy atom. The van der Waals surface area contributed by atoms with Gasteiger partial charge in [0, 0.05) is 11.3 Å². The van der Waals surface area contributed by atoms with Gasteiger partial charge in [-0.2, -0.15) is 0 Å². The molecule has 28 heavy (non-hydrogen) atoms. The predicted octanol–water partition coefficient (Wildman–Crippen LogP) is 4.30. The summed E-state index contributed by atoms with van der Waals surface area (Å²) in [5, 5.41) is 2.69. The van der Waals surface area contributed by atoms with Gasteiger partial charge in [-0.15, -0.1) is 0 Å². The Labute approximate surface area is 163 Å². The molecule has 0 aromatic heterocycles. The molecule has 142 valence electrons. The van der Waals surface area contributed by atoms with Crippen LogP contribution in [0, 0.1) is 0 Å². The smallest absolute Gasteiger partial charge is 0.344 e. The molecule has 1 N–H and O–H groups in total. The van der Waals surface area contributed by atoms with Crippen molar-refractivity contribution >= 4 is 17.6 Å². The normalized spacial score (nSPS) is 11.3. The molecule has 0 bridgehead atoms. The first-order valence-corrected chi connectivity index (χ1v) is 8.96. The van der Waals surface area contributed by atoms with Crippen molar-refractivity contribution in [3.8, 4) is 16.9 Å². The van der Waals surface area contributed by atoms with Crippen LogP contribution >= 0.6 is 0 Å². The summed E-state index contributed by atoms with van der Waals surface area (Å²) in [6.45, 7) is 1.24. The summed E-state index contributed by atoms with van der Waals surface area (Å²) in [5.41, 5.74) is 2.51. The molecule has 0 saturated heterocycles. The second kappa shape index (κ2) is 9.37. The maximum absolute atomic E-state index is 12.1. The summed E-state index contributed by atoms with van der Waals surface area (Å²) in [5.74, 6) is -0.435. The van der Waals surface area contributed by atoms with Gasteiger partial charge in [-0.1, -0.05) is 66.7 Å². The highest BCUT2D eigenvalue weighted by Gasteiger charge is 2.18. The molecule has 0 saturated carbocycles. The van der Waals surface area contributed by atoms with E-state index in [1.165, 1.54) is 6.92 Å². The Bertz CT molecular complexity index is 926. The average Bonchev–Trinajstić information content (AvgIpc) is 2.74. The van der Waals surface area contributed by atoms with Crippen LogP contribution in [0.4, 0.5) is 5.69 Å². The van der Waals surface area contributed by atoms with E-state index in [4.69, 9.17) is 9.47 Å². The summed E-state index contributed by atoms with van der Waals surface area (Å²) in [4.78, 5) is 24.2. The van der Waals surface area contributed by atoms with Gasteiger partial charge < -0.3 is 14.8 Å². The number of ether oxygens (including phenoxy) is 2. The van der Waals surface area contributed by atoms with E-state index >= 15 is 0 Å².